The lowest BCUT2D eigenvalue weighted by Gasteiger charge is -2.40. The van der Waals surface area contributed by atoms with Gasteiger partial charge in [0.25, 0.3) is 0 Å². The van der Waals surface area contributed by atoms with Crippen LogP contribution in [0.1, 0.15) is 49.4 Å². The summed E-state index contributed by atoms with van der Waals surface area (Å²) in [5, 5.41) is 10.2. The minimum absolute atomic E-state index is 0.0126. The lowest BCUT2D eigenvalue weighted by atomic mass is 9.73. The monoisotopic (exact) mass is 613 g/mol. The van der Waals surface area contributed by atoms with E-state index in [2.05, 4.69) is 9.88 Å². The van der Waals surface area contributed by atoms with E-state index in [1.165, 1.54) is 37.2 Å². The number of thioether (sulfide) groups is 1. The van der Waals surface area contributed by atoms with E-state index in [4.69, 9.17) is 16.3 Å². The van der Waals surface area contributed by atoms with Crippen molar-refractivity contribution in [2.45, 2.75) is 49.3 Å². The number of nitrogens with one attached hydrogen (secondary N) is 1. The summed E-state index contributed by atoms with van der Waals surface area (Å²) in [5.74, 6) is 0.512. The van der Waals surface area contributed by atoms with Gasteiger partial charge < -0.3 is 9.64 Å². The third-order valence-corrected chi connectivity index (χ3v) is 9.18. The first kappa shape index (κ1) is 31.3. The molecule has 0 bridgehead atoms. The predicted molar refractivity (Wildman–Crippen MR) is 151 cm³/mol. The van der Waals surface area contributed by atoms with Crippen molar-refractivity contribution in [2.24, 2.45) is 5.41 Å². The molecule has 1 aliphatic rings. The smallest absolute Gasteiger partial charge is 0.417 e. The summed E-state index contributed by atoms with van der Waals surface area (Å²) in [6, 6.07) is 10.7. The summed E-state index contributed by atoms with van der Waals surface area (Å²) >= 11 is 7.54. The highest BCUT2D eigenvalue weighted by molar-refractivity contribution is 7.99. The number of rotatable bonds is 11. The van der Waals surface area contributed by atoms with Gasteiger partial charge >= 0.3 is 6.18 Å². The Morgan fingerprint density at radius 1 is 1.24 bits per heavy atom. The second-order valence-corrected chi connectivity index (χ2v) is 11.7. The molecule has 0 radical (unpaired) electrons. The Morgan fingerprint density at radius 3 is 2.66 bits per heavy atom. The molecule has 2 N–H and O–H groups in total. The van der Waals surface area contributed by atoms with Crippen molar-refractivity contribution < 1.29 is 32.3 Å². The summed E-state index contributed by atoms with van der Waals surface area (Å²) in [7, 11) is 1.52. The van der Waals surface area contributed by atoms with Gasteiger partial charge in [0.05, 0.1) is 28.6 Å². The summed E-state index contributed by atoms with van der Waals surface area (Å²) in [5.41, 5.74) is 1.05. The SMILES string of the molecule is COc1ccc2ncc(Cl)c([C@H](F)CCC3(C(=O)NO)CCN(CCCSc4ccccc4C(F)(F)F)CC3)c2c1. The number of hydroxylamine groups is 1. The number of fused-ring (bicyclic) bond motifs is 1. The molecule has 1 fully saturated rings. The third-order valence-electron chi connectivity index (χ3n) is 7.72. The van der Waals surface area contributed by atoms with Crippen molar-refractivity contribution >= 4 is 40.2 Å². The van der Waals surface area contributed by atoms with E-state index in [1.807, 2.05) is 0 Å². The molecule has 1 atom stereocenters. The summed E-state index contributed by atoms with van der Waals surface area (Å²) in [4.78, 5) is 19.4. The normalized spacial score (nSPS) is 16.5. The van der Waals surface area contributed by atoms with Gasteiger partial charge in [-0.1, -0.05) is 23.7 Å². The molecule has 2 heterocycles. The highest BCUT2D eigenvalue weighted by Crippen LogP contribution is 2.42. The summed E-state index contributed by atoms with van der Waals surface area (Å²) < 4.78 is 60.7. The summed E-state index contributed by atoms with van der Waals surface area (Å²) in [6.07, 6.45) is -2.76. The number of halogens is 5. The Kier molecular flexibility index (Phi) is 10.4. The van der Waals surface area contributed by atoms with Crippen molar-refractivity contribution in [3.8, 4) is 5.75 Å². The van der Waals surface area contributed by atoms with Crippen LogP contribution in [-0.2, 0) is 11.0 Å². The van der Waals surface area contributed by atoms with Gasteiger partial charge in [-0.25, -0.2) is 9.87 Å². The molecule has 0 unspecified atom stereocenters. The van der Waals surface area contributed by atoms with E-state index in [9.17, 15) is 23.2 Å². The number of carbonyl (C=O) groups excluding carboxylic acids is 1. The number of amides is 1. The molecular formula is C29H32ClF4N3O3S. The maximum atomic E-state index is 15.7. The minimum Gasteiger partial charge on any atom is -0.497 e. The number of likely N-dealkylation sites (tertiary alicyclic amines) is 1. The van der Waals surface area contributed by atoms with Crippen molar-refractivity contribution in [3.05, 3.63) is 64.8 Å². The largest absolute Gasteiger partial charge is 0.497 e. The van der Waals surface area contributed by atoms with Crippen molar-refractivity contribution in [2.75, 3.05) is 32.5 Å². The maximum Gasteiger partial charge on any atom is 0.417 e. The fourth-order valence-corrected chi connectivity index (χ4v) is 6.65. The molecule has 1 amide bonds. The molecule has 1 aliphatic heterocycles. The lowest BCUT2D eigenvalue weighted by Crippen LogP contribution is -2.48. The fourth-order valence-electron chi connectivity index (χ4n) is 5.37. The number of pyridine rings is 1. The van der Waals surface area contributed by atoms with Crippen LogP contribution >= 0.6 is 23.4 Å². The fraction of sp³-hybridized carbons (Fsp3) is 0.448. The second-order valence-electron chi connectivity index (χ2n) is 10.2. The zero-order chi connectivity index (χ0) is 29.6. The molecule has 0 aliphatic carbocycles. The van der Waals surface area contributed by atoms with Crippen molar-refractivity contribution in [1.82, 2.24) is 15.4 Å². The predicted octanol–water partition coefficient (Wildman–Crippen LogP) is 7.48. The quantitative estimate of drug-likeness (QED) is 0.0768. The van der Waals surface area contributed by atoms with E-state index in [1.54, 1.807) is 29.7 Å². The second kappa shape index (κ2) is 13.6. The number of alkyl halides is 4. The molecule has 1 aromatic heterocycles. The average molecular weight is 614 g/mol. The van der Waals surface area contributed by atoms with Crippen LogP contribution in [0.4, 0.5) is 17.6 Å². The average Bonchev–Trinajstić information content (AvgIpc) is 2.97. The van der Waals surface area contributed by atoms with Gasteiger partial charge in [-0.05, 0) is 87.8 Å². The van der Waals surface area contributed by atoms with Crippen LogP contribution < -0.4 is 10.2 Å². The van der Waals surface area contributed by atoms with E-state index in [-0.39, 0.29) is 28.3 Å². The van der Waals surface area contributed by atoms with Gasteiger partial charge in [0.1, 0.15) is 11.9 Å². The number of benzene rings is 2. The third kappa shape index (κ3) is 7.43. The molecular weight excluding hydrogens is 582 g/mol. The highest BCUT2D eigenvalue weighted by atomic mass is 35.5. The number of nitrogens with zero attached hydrogens (tertiary/aromatic N) is 2. The van der Waals surface area contributed by atoms with Crippen LogP contribution in [0, 0.1) is 5.41 Å². The van der Waals surface area contributed by atoms with E-state index < -0.39 is 29.2 Å². The molecule has 0 saturated carbocycles. The molecule has 3 aromatic rings. The molecule has 0 spiro atoms. The van der Waals surface area contributed by atoms with Gasteiger partial charge in [-0.15, -0.1) is 11.8 Å². The number of hydrogen-bond acceptors (Lipinski definition) is 6. The molecule has 6 nitrogen and oxygen atoms in total. The van der Waals surface area contributed by atoms with Crippen LogP contribution in [-0.4, -0.2) is 53.5 Å². The maximum absolute atomic E-state index is 15.7. The standard InChI is InChI=1S/C29H32ClF4N3O3S/c1-40-19-7-8-24-20(17-19)26(22(30)18-35-24)23(31)9-10-28(27(38)36-39)11-14-37(15-12-28)13-4-16-41-25-6-3-2-5-21(25)29(32,33)34/h2-3,5-8,17-18,23,39H,4,9-16H2,1H3,(H,36,38)/t23-/m1/s1. The Labute approximate surface area is 245 Å². The van der Waals surface area contributed by atoms with Gasteiger partial charge in [0.15, 0.2) is 0 Å². The Bertz CT molecular complexity index is 1350. The number of aromatic nitrogens is 1. The van der Waals surface area contributed by atoms with Crippen LogP contribution in [0.2, 0.25) is 5.02 Å². The first-order valence-electron chi connectivity index (χ1n) is 13.3. The number of methoxy groups -OCH3 is 1. The van der Waals surface area contributed by atoms with Gasteiger partial charge in [-0.3, -0.25) is 15.0 Å². The zero-order valence-electron chi connectivity index (χ0n) is 22.5. The molecule has 4 rings (SSSR count). The molecule has 12 heteroatoms. The van der Waals surface area contributed by atoms with E-state index in [0.717, 1.165) is 6.07 Å². The molecule has 41 heavy (non-hydrogen) atoms. The first-order valence-corrected chi connectivity index (χ1v) is 14.7. The number of hydrogen-bond donors (Lipinski definition) is 2. The van der Waals surface area contributed by atoms with Crippen molar-refractivity contribution in [1.29, 1.82) is 0 Å². The zero-order valence-corrected chi connectivity index (χ0v) is 24.1. The number of piperidine rings is 1. The number of carbonyl (C=O) groups is 1. The van der Waals surface area contributed by atoms with Crippen LogP contribution in [0.25, 0.3) is 10.9 Å². The lowest BCUT2D eigenvalue weighted by molar-refractivity contribution is -0.143. The first-order chi connectivity index (χ1) is 19.6. The highest BCUT2D eigenvalue weighted by Gasteiger charge is 2.41. The van der Waals surface area contributed by atoms with Gasteiger partial charge in [0.2, 0.25) is 5.91 Å². The minimum atomic E-state index is -4.39. The van der Waals surface area contributed by atoms with Crippen LogP contribution in [0.3, 0.4) is 0 Å². The van der Waals surface area contributed by atoms with Crippen LogP contribution in [0.15, 0.2) is 53.6 Å². The van der Waals surface area contributed by atoms with Crippen LogP contribution in [0.5, 0.6) is 5.75 Å². The Balaban J connectivity index is 1.35. The van der Waals surface area contributed by atoms with Gasteiger partial charge in [0, 0.05) is 22.0 Å². The summed E-state index contributed by atoms with van der Waals surface area (Å²) in [6.45, 7) is 1.75. The van der Waals surface area contributed by atoms with E-state index in [0.29, 0.717) is 61.3 Å². The Hall–Kier alpha value is -2.60. The van der Waals surface area contributed by atoms with E-state index >= 15 is 4.39 Å². The molecule has 222 valence electrons. The van der Waals surface area contributed by atoms with Gasteiger partial charge in [-0.2, -0.15) is 13.2 Å². The Morgan fingerprint density at radius 2 is 1.98 bits per heavy atom. The van der Waals surface area contributed by atoms with Crippen molar-refractivity contribution in [3.63, 3.8) is 0 Å². The molecule has 2 aromatic carbocycles. The molecule has 1 saturated heterocycles. The topological polar surface area (TPSA) is 74.7 Å². The number of ether oxygens (including phenoxy) is 1.